The monoisotopic (exact) mass is 338 g/mol. The number of nitrogens with zero attached hydrogens (tertiary/aromatic N) is 4. The maximum absolute atomic E-state index is 12.8. The minimum Gasteiger partial charge on any atom is -0.335 e. The molecular weight excluding hydrogens is 322 g/mol. The smallest absolute Gasteiger partial charge is 0.330 e. The Morgan fingerprint density at radius 1 is 1.33 bits per heavy atom. The maximum atomic E-state index is 12.8. The van der Waals surface area contributed by atoms with Gasteiger partial charge in [0.2, 0.25) is 5.92 Å². The van der Waals surface area contributed by atoms with Crippen LogP contribution in [0.5, 0.6) is 0 Å². The molecule has 0 saturated heterocycles. The highest BCUT2D eigenvalue weighted by atomic mass is 19.3. The summed E-state index contributed by atoms with van der Waals surface area (Å²) in [6.07, 6.45) is 4.37. The summed E-state index contributed by atoms with van der Waals surface area (Å²) >= 11 is 0. The molecule has 9 heteroatoms. The standard InChI is InChI=1S/C15H16F2N4O3/c1-20-8-10(13(22)21(2)14(20)23)3-4-12-18-11(19-24-12)5-9-6-15(16,17)7-9/h3-4,8-9H,5-7H2,1-2H3/b4-3+. The van der Waals surface area contributed by atoms with Crippen molar-refractivity contribution >= 4 is 12.2 Å². The summed E-state index contributed by atoms with van der Waals surface area (Å²) < 4.78 is 32.9. The van der Waals surface area contributed by atoms with Crippen molar-refractivity contribution in [1.29, 1.82) is 0 Å². The van der Waals surface area contributed by atoms with Crippen LogP contribution in [-0.2, 0) is 20.5 Å². The molecule has 2 aromatic heterocycles. The van der Waals surface area contributed by atoms with Crippen LogP contribution >= 0.6 is 0 Å². The van der Waals surface area contributed by atoms with Crippen molar-refractivity contribution in [3.8, 4) is 0 Å². The first-order valence-corrected chi connectivity index (χ1v) is 7.40. The number of hydrogen-bond acceptors (Lipinski definition) is 5. The fourth-order valence-electron chi connectivity index (χ4n) is 2.72. The average Bonchev–Trinajstić information content (AvgIpc) is 2.93. The lowest BCUT2D eigenvalue weighted by Gasteiger charge is -2.34. The number of hydrogen-bond donors (Lipinski definition) is 0. The Hall–Kier alpha value is -2.58. The second-order valence-corrected chi connectivity index (χ2v) is 6.06. The normalized spacial score (nSPS) is 17.3. The Labute approximate surface area is 135 Å². The van der Waals surface area contributed by atoms with Crippen molar-refractivity contribution in [3.63, 3.8) is 0 Å². The van der Waals surface area contributed by atoms with Crippen molar-refractivity contribution in [1.82, 2.24) is 19.3 Å². The van der Waals surface area contributed by atoms with Gasteiger partial charge in [-0.2, -0.15) is 4.98 Å². The minimum absolute atomic E-state index is 0.134. The van der Waals surface area contributed by atoms with E-state index in [1.807, 2.05) is 0 Å². The highest BCUT2D eigenvalue weighted by molar-refractivity contribution is 5.64. The van der Waals surface area contributed by atoms with E-state index in [9.17, 15) is 18.4 Å². The molecule has 0 atom stereocenters. The van der Waals surface area contributed by atoms with Gasteiger partial charge in [0.25, 0.3) is 11.4 Å². The summed E-state index contributed by atoms with van der Waals surface area (Å²) in [6.45, 7) is 0. The van der Waals surface area contributed by atoms with E-state index in [2.05, 4.69) is 10.1 Å². The van der Waals surface area contributed by atoms with Crippen LogP contribution in [-0.4, -0.2) is 25.2 Å². The Bertz CT molecular complexity index is 902. The van der Waals surface area contributed by atoms with Crippen molar-refractivity contribution in [3.05, 3.63) is 44.3 Å². The molecule has 1 saturated carbocycles. The molecule has 0 radical (unpaired) electrons. The van der Waals surface area contributed by atoms with Gasteiger partial charge in [0, 0.05) is 45.6 Å². The van der Waals surface area contributed by atoms with Gasteiger partial charge in [-0.3, -0.25) is 9.36 Å². The molecule has 128 valence electrons. The van der Waals surface area contributed by atoms with Crippen LogP contribution < -0.4 is 11.2 Å². The third-order valence-corrected chi connectivity index (χ3v) is 4.01. The van der Waals surface area contributed by atoms with Crippen LogP contribution in [0, 0.1) is 5.92 Å². The first kappa shape index (κ1) is 16.3. The lowest BCUT2D eigenvalue weighted by molar-refractivity contribution is -0.110. The highest BCUT2D eigenvalue weighted by Gasteiger charge is 2.45. The first-order chi connectivity index (χ1) is 11.2. The van der Waals surface area contributed by atoms with E-state index in [1.54, 1.807) is 0 Å². The summed E-state index contributed by atoms with van der Waals surface area (Å²) in [5, 5.41) is 3.75. The third kappa shape index (κ3) is 3.19. The van der Waals surface area contributed by atoms with Crippen molar-refractivity contribution in [2.24, 2.45) is 20.0 Å². The predicted molar refractivity (Wildman–Crippen MR) is 81.5 cm³/mol. The van der Waals surface area contributed by atoms with Crippen LogP contribution in [0.2, 0.25) is 0 Å². The molecule has 0 aromatic carbocycles. The molecule has 2 aromatic rings. The number of aromatic nitrogens is 4. The fourth-order valence-corrected chi connectivity index (χ4v) is 2.72. The summed E-state index contributed by atoms with van der Waals surface area (Å²) in [6, 6.07) is 0. The second kappa shape index (κ2) is 5.81. The van der Waals surface area contributed by atoms with Gasteiger partial charge in [-0.05, 0) is 12.0 Å². The topological polar surface area (TPSA) is 82.9 Å². The lowest BCUT2D eigenvalue weighted by atomic mass is 9.79. The third-order valence-electron chi connectivity index (χ3n) is 4.01. The molecule has 0 spiro atoms. The van der Waals surface area contributed by atoms with Crippen LogP contribution in [0.15, 0.2) is 20.3 Å². The average molecular weight is 338 g/mol. The number of rotatable bonds is 4. The van der Waals surface area contributed by atoms with Crippen LogP contribution in [0.1, 0.15) is 30.1 Å². The molecule has 7 nitrogen and oxygen atoms in total. The molecule has 1 aliphatic rings. The van der Waals surface area contributed by atoms with Gasteiger partial charge in [0.05, 0.1) is 5.56 Å². The Morgan fingerprint density at radius 3 is 2.71 bits per heavy atom. The van der Waals surface area contributed by atoms with Gasteiger partial charge in [-0.1, -0.05) is 5.16 Å². The lowest BCUT2D eigenvalue weighted by Crippen LogP contribution is -2.37. The number of alkyl halides is 2. The summed E-state index contributed by atoms with van der Waals surface area (Å²) in [5.74, 6) is -2.17. The van der Waals surface area contributed by atoms with Gasteiger partial charge in [0.1, 0.15) is 0 Å². The molecular formula is C15H16F2N4O3. The molecule has 1 aliphatic carbocycles. The zero-order valence-electron chi connectivity index (χ0n) is 13.2. The first-order valence-electron chi connectivity index (χ1n) is 7.40. The Kier molecular flexibility index (Phi) is 3.94. The molecule has 1 fully saturated rings. The van der Waals surface area contributed by atoms with E-state index < -0.39 is 17.2 Å². The number of halogens is 2. The molecule has 0 unspecified atom stereocenters. The largest absolute Gasteiger partial charge is 0.335 e. The zero-order valence-corrected chi connectivity index (χ0v) is 13.2. The van der Waals surface area contributed by atoms with E-state index >= 15 is 0 Å². The van der Waals surface area contributed by atoms with E-state index in [-0.39, 0.29) is 30.2 Å². The van der Waals surface area contributed by atoms with Gasteiger partial charge in [-0.25, -0.2) is 13.6 Å². The van der Waals surface area contributed by atoms with Crippen LogP contribution in [0.4, 0.5) is 8.78 Å². The van der Waals surface area contributed by atoms with E-state index in [0.717, 1.165) is 4.57 Å². The van der Waals surface area contributed by atoms with Gasteiger partial charge in [-0.15, -0.1) is 0 Å². The summed E-state index contributed by atoms with van der Waals surface area (Å²) in [5.41, 5.74) is -0.571. The van der Waals surface area contributed by atoms with Crippen molar-refractivity contribution in [2.75, 3.05) is 0 Å². The van der Waals surface area contributed by atoms with E-state index in [1.165, 1.54) is 37.0 Å². The molecule has 3 rings (SSSR count). The SMILES string of the molecule is Cn1cc(/C=C/c2nc(CC3CC(F)(F)C3)no2)c(=O)n(C)c1=O. The molecule has 0 N–H and O–H groups in total. The van der Waals surface area contributed by atoms with Gasteiger partial charge in [0.15, 0.2) is 5.82 Å². The maximum Gasteiger partial charge on any atom is 0.330 e. The fraction of sp³-hybridized carbons (Fsp3) is 0.467. The zero-order chi connectivity index (χ0) is 17.5. The number of aryl methyl sites for hydroxylation is 1. The highest BCUT2D eigenvalue weighted by Crippen LogP contribution is 2.43. The van der Waals surface area contributed by atoms with E-state index in [0.29, 0.717) is 12.2 Å². The molecule has 0 bridgehead atoms. The molecule has 24 heavy (non-hydrogen) atoms. The molecule has 0 amide bonds. The second-order valence-electron chi connectivity index (χ2n) is 6.06. The molecule has 0 aliphatic heterocycles. The van der Waals surface area contributed by atoms with Crippen LogP contribution in [0.25, 0.3) is 12.2 Å². The quantitative estimate of drug-likeness (QED) is 0.837. The summed E-state index contributed by atoms with van der Waals surface area (Å²) in [7, 11) is 2.93. The Morgan fingerprint density at radius 2 is 2.04 bits per heavy atom. The molecule has 2 heterocycles. The Balaban J connectivity index is 1.72. The van der Waals surface area contributed by atoms with Crippen LogP contribution in [0.3, 0.4) is 0 Å². The predicted octanol–water partition coefficient (Wildman–Crippen LogP) is 1.23. The van der Waals surface area contributed by atoms with Crippen molar-refractivity contribution < 1.29 is 13.3 Å². The van der Waals surface area contributed by atoms with Gasteiger partial charge >= 0.3 is 5.69 Å². The van der Waals surface area contributed by atoms with Crippen molar-refractivity contribution in [2.45, 2.75) is 25.2 Å². The summed E-state index contributed by atoms with van der Waals surface area (Å²) in [4.78, 5) is 27.7. The van der Waals surface area contributed by atoms with E-state index in [4.69, 9.17) is 4.52 Å². The van der Waals surface area contributed by atoms with Gasteiger partial charge < -0.3 is 9.09 Å². The minimum atomic E-state index is -2.57.